The third kappa shape index (κ3) is 5.34. The summed E-state index contributed by atoms with van der Waals surface area (Å²) in [4.78, 5) is 13.0. The molecule has 1 heterocycles. The first kappa shape index (κ1) is 15.4. The summed E-state index contributed by atoms with van der Waals surface area (Å²) < 4.78 is 45.1. The van der Waals surface area contributed by atoms with Crippen LogP contribution in [0.3, 0.4) is 0 Å². The highest BCUT2D eigenvalue weighted by Crippen LogP contribution is 2.23. The molecule has 0 radical (unpaired) electrons. The van der Waals surface area contributed by atoms with E-state index in [1.165, 1.54) is 12.0 Å². The number of thioether (sulfide) groups is 1. The van der Waals surface area contributed by atoms with Gasteiger partial charge in [0.15, 0.2) is 6.61 Å². The van der Waals surface area contributed by atoms with E-state index >= 15 is 0 Å². The second-order valence-corrected chi connectivity index (χ2v) is 5.02. The van der Waals surface area contributed by atoms with Gasteiger partial charge in [0.05, 0.1) is 6.61 Å². The number of rotatable bonds is 5. The van der Waals surface area contributed by atoms with Crippen LogP contribution in [0.15, 0.2) is 0 Å². The smallest absolute Gasteiger partial charge is 0.422 e. The highest BCUT2D eigenvalue weighted by atomic mass is 32.2. The number of hydrogen-bond acceptors (Lipinski definition) is 4. The van der Waals surface area contributed by atoms with E-state index < -0.39 is 18.9 Å². The average Bonchev–Trinajstić information content (AvgIpc) is 2.79. The Morgan fingerprint density at radius 1 is 1.50 bits per heavy atom. The van der Waals surface area contributed by atoms with Gasteiger partial charge in [0.1, 0.15) is 0 Å². The van der Waals surface area contributed by atoms with Gasteiger partial charge in [-0.05, 0) is 12.2 Å². The maximum atomic E-state index is 12.0. The van der Waals surface area contributed by atoms with Gasteiger partial charge in [-0.2, -0.15) is 24.9 Å². The maximum Gasteiger partial charge on any atom is 0.422 e. The SMILES string of the molecule is COCCN(C(=O)OCC(F)(F)F)C1CCSC1. The molecule has 8 heteroatoms. The van der Waals surface area contributed by atoms with Crippen LogP contribution < -0.4 is 0 Å². The molecule has 0 bridgehead atoms. The zero-order valence-corrected chi connectivity index (χ0v) is 10.9. The summed E-state index contributed by atoms with van der Waals surface area (Å²) in [6, 6.07) is -0.0640. The van der Waals surface area contributed by atoms with E-state index in [1.807, 2.05) is 0 Å². The molecule has 0 spiro atoms. The molecule has 1 fully saturated rings. The lowest BCUT2D eigenvalue weighted by molar-refractivity contribution is -0.163. The molecule has 1 atom stereocenters. The van der Waals surface area contributed by atoms with E-state index in [0.717, 1.165) is 17.9 Å². The minimum Gasteiger partial charge on any atom is -0.440 e. The van der Waals surface area contributed by atoms with Crippen LogP contribution in [0.25, 0.3) is 0 Å². The predicted molar refractivity (Wildman–Crippen MR) is 61.7 cm³/mol. The van der Waals surface area contributed by atoms with Crippen molar-refractivity contribution in [1.82, 2.24) is 4.90 Å². The van der Waals surface area contributed by atoms with Crippen LogP contribution in [0, 0.1) is 0 Å². The quantitative estimate of drug-likeness (QED) is 0.776. The molecular weight excluding hydrogens is 271 g/mol. The van der Waals surface area contributed by atoms with E-state index in [0.29, 0.717) is 0 Å². The molecule has 0 N–H and O–H groups in total. The Morgan fingerprint density at radius 2 is 2.22 bits per heavy atom. The minimum absolute atomic E-state index is 0.0640. The fourth-order valence-electron chi connectivity index (χ4n) is 1.61. The Kier molecular flexibility index (Phi) is 6.07. The molecule has 0 saturated carbocycles. The van der Waals surface area contributed by atoms with Gasteiger partial charge in [0.25, 0.3) is 0 Å². The Morgan fingerprint density at radius 3 is 2.72 bits per heavy atom. The fraction of sp³-hybridized carbons (Fsp3) is 0.900. The van der Waals surface area contributed by atoms with E-state index in [9.17, 15) is 18.0 Å². The Balaban J connectivity index is 2.49. The molecule has 1 saturated heterocycles. The van der Waals surface area contributed by atoms with E-state index in [1.54, 1.807) is 11.8 Å². The number of carbonyl (C=O) groups excluding carboxylic acids is 1. The second kappa shape index (κ2) is 7.08. The summed E-state index contributed by atoms with van der Waals surface area (Å²) >= 11 is 1.67. The third-order valence-electron chi connectivity index (χ3n) is 2.48. The van der Waals surface area contributed by atoms with Crippen LogP contribution in [-0.4, -0.2) is 61.6 Å². The zero-order valence-electron chi connectivity index (χ0n) is 10.0. The van der Waals surface area contributed by atoms with Crippen molar-refractivity contribution >= 4 is 17.9 Å². The number of amides is 1. The lowest BCUT2D eigenvalue weighted by Crippen LogP contribution is -2.43. The van der Waals surface area contributed by atoms with Gasteiger partial charge < -0.3 is 14.4 Å². The molecule has 1 rings (SSSR count). The largest absolute Gasteiger partial charge is 0.440 e. The summed E-state index contributed by atoms with van der Waals surface area (Å²) in [7, 11) is 1.47. The van der Waals surface area contributed by atoms with Crippen LogP contribution >= 0.6 is 11.8 Å². The van der Waals surface area contributed by atoms with Crippen LogP contribution in [-0.2, 0) is 9.47 Å². The van der Waals surface area contributed by atoms with E-state index in [4.69, 9.17) is 4.74 Å². The van der Waals surface area contributed by atoms with Gasteiger partial charge >= 0.3 is 12.3 Å². The van der Waals surface area contributed by atoms with Crippen LogP contribution in [0.2, 0.25) is 0 Å². The van der Waals surface area contributed by atoms with Crippen LogP contribution in [0.1, 0.15) is 6.42 Å². The van der Waals surface area contributed by atoms with Crippen molar-refractivity contribution in [3.05, 3.63) is 0 Å². The van der Waals surface area contributed by atoms with Gasteiger partial charge in [-0.25, -0.2) is 4.79 Å². The Hall–Kier alpha value is -0.630. The third-order valence-corrected chi connectivity index (χ3v) is 3.62. The summed E-state index contributed by atoms with van der Waals surface area (Å²) in [5.74, 6) is 1.63. The minimum atomic E-state index is -4.49. The molecule has 0 aromatic heterocycles. The average molecular weight is 287 g/mol. The van der Waals surface area contributed by atoms with Gasteiger partial charge in [-0.15, -0.1) is 0 Å². The van der Waals surface area contributed by atoms with Crippen molar-refractivity contribution in [3.63, 3.8) is 0 Å². The molecule has 1 unspecified atom stereocenters. The van der Waals surface area contributed by atoms with Crippen LogP contribution in [0.4, 0.5) is 18.0 Å². The first-order valence-electron chi connectivity index (χ1n) is 5.51. The summed E-state index contributed by atoms with van der Waals surface area (Å²) in [5.41, 5.74) is 0. The van der Waals surface area contributed by atoms with Crippen molar-refractivity contribution in [1.29, 1.82) is 0 Å². The zero-order chi connectivity index (χ0) is 13.6. The predicted octanol–water partition coefficient (Wildman–Crippen LogP) is 2.14. The number of alkyl halides is 3. The lowest BCUT2D eigenvalue weighted by atomic mass is 10.2. The molecular formula is C10H16F3NO3S. The lowest BCUT2D eigenvalue weighted by Gasteiger charge is -2.27. The Labute approximate surface area is 108 Å². The molecule has 1 aliphatic rings. The Bertz CT molecular complexity index is 270. The summed E-state index contributed by atoms with van der Waals surface area (Å²) in [6.45, 7) is -1.02. The number of ether oxygens (including phenoxy) is 2. The molecule has 1 aliphatic heterocycles. The summed E-state index contributed by atoms with van der Waals surface area (Å²) in [5, 5.41) is 0. The van der Waals surface area contributed by atoms with E-state index in [-0.39, 0.29) is 19.2 Å². The molecule has 1 amide bonds. The molecule has 106 valence electrons. The second-order valence-electron chi connectivity index (χ2n) is 3.87. The molecule has 0 aromatic rings. The molecule has 0 aliphatic carbocycles. The number of carbonyl (C=O) groups is 1. The first-order valence-corrected chi connectivity index (χ1v) is 6.66. The number of nitrogens with zero attached hydrogens (tertiary/aromatic N) is 1. The maximum absolute atomic E-state index is 12.0. The standard InChI is InChI=1S/C10H16F3NO3S/c1-16-4-3-14(8-2-5-18-6-8)9(15)17-7-10(11,12)13/h8H,2-7H2,1H3. The topological polar surface area (TPSA) is 38.8 Å². The van der Waals surface area contributed by atoms with Crippen molar-refractivity contribution in [2.45, 2.75) is 18.6 Å². The monoisotopic (exact) mass is 287 g/mol. The molecule has 18 heavy (non-hydrogen) atoms. The van der Waals surface area contributed by atoms with Crippen molar-refractivity contribution in [2.24, 2.45) is 0 Å². The fourth-order valence-corrected chi connectivity index (χ4v) is 2.83. The number of hydrogen-bond donors (Lipinski definition) is 0. The van der Waals surface area contributed by atoms with Gasteiger partial charge in [0.2, 0.25) is 0 Å². The van der Waals surface area contributed by atoms with Gasteiger partial charge in [0, 0.05) is 25.4 Å². The van der Waals surface area contributed by atoms with E-state index in [2.05, 4.69) is 4.74 Å². The summed E-state index contributed by atoms with van der Waals surface area (Å²) in [6.07, 6.45) is -4.64. The normalized spacial score (nSPS) is 19.9. The number of methoxy groups -OCH3 is 1. The van der Waals surface area contributed by atoms with Gasteiger partial charge in [-0.3, -0.25) is 0 Å². The van der Waals surface area contributed by atoms with Crippen molar-refractivity contribution in [3.8, 4) is 0 Å². The highest BCUT2D eigenvalue weighted by molar-refractivity contribution is 7.99. The highest BCUT2D eigenvalue weighted by Gasteiger charge is 2.33. The molecule has 4 nitrogen and oxygen atoms in total. The first-order chi connectivity index (χ1) is 8.44. The van der Waals surface area contributed by atoms with Crippen molar-refractivity contribution in [2.75, 3.05) is 38.4 Å². The molecule has 0 aromatic carbocycles. The van der Waals surface area contributed by atoms with Crippen molar-refractivity contribution < 1.29 is 27.4 Å². The van der Waals surface area contributed by atoms with Gasteiger partial charge in [-0.1, -0.05) is 0 Å². The van der Waals surface area contributed by atoms with Crippen LogP contribution in [0.5, 0.6) is 0 Å². The number of halogens is 3.